The van der Waals surface area contributed by atoms with Gasteiger partial charge in [-0.3, -0.25) is 4.79 Å². The number of esters is 1. The molecule has 0 aliphatic carbocycles. The topological polar surface area (TPSA) is 55.4 Å². The fourth-order valence-electron chi connectivity index (χ4n) is 2.38. The molecule has 6 heteroatoms. The fraction of sp³-hybridized carbons (Fsp3) is 0.368. The minimum atomic E-state index is -0.424. The number of anilines is 1. The summed E-state index contributed by atoms with van der Waals surface area (Å²) in [6, 6.07) is 8.01. The predicted octanol–water partition coefficient (Wildman–Crippen LogP) is 4.83. The van der Waals surface area contributed by atoms with Gasteiger partial charge in [-0.15, -0.1) is 23.1 Å². The first-order valence-electron chi connectivity index (χ1n) is 8.05. The van der Waals surface area contributed by atoms with Gasteiger partial charge in [0.15, 0.2) is 0 Å². The van der Waals surface area contributed by atoms with E-state index in [1.54, 1.807) is 11.8 Å². The molecule has 0 unspecified atom stereocenters. The molecule has 134 valence electrons. The Morgan fingerprint density at radius 1 is 1.20 bits per heavy atom. The fourth-order valence-corrected chi connectivity index (χ4v) is 4.28. The smallest absolute Gasteiger partial charge is 0.341 e. The Morgan fingerprint density at radius 2 is 1.84 bits per heavy atom. The summed E-state index contributed by atoms with van der Waals surface area (Å²) in [7, 11) is 1.34. The van der Waals surface area contributed by atoms with Crippen molar-refractivity contribution < 1.29 is 14.3 Å². The number of hydrogen-bond donors (Lipinski definition) is 1. The molecule has 1 aromatic carbocycles. The van der Waals surface area contributed by atoms with Crippen LogP contribution in [-0.4, -0.2) is 24.2 Å². The highest BCUT2D eigenvalue weighted by molar-refractivity contribution is 7.99. The molecule has 0 atom stereocenters. The van der Waals surface area contributed by atoms with Gasteiger partial charge in [0.25, 0.3) is 0 Å². The Bertz CT molecular complexity index is 764. The third-order valence-electron chi connectivity index (χ3n) is 3.69. The minimum absolute atomic E-state index is 0.143. The van der Waals surface area contributed by atoms with E-state index in [0.29, 0.717) is 15.8 Å². The highest BCUT2D eigenvalue weighted by atomic mass is 32.2. The van der Waals surface area contributed by atoms with Gasteiger partial charge in [-0.25, -0.2) is 4.79 Å². The third kappa shape index (κ3) is 5.09. The lowest BCUT2D eigenvalue weighted by molar-refractivity contribution is -0.115. The van der Waals surface area contributed by atoms with E-state index < -0.39 is 5.97 Å². The first kappa shape index (κ1) is 19.5. The first-order valence-corrected chi connectivity index (χ1v) is 9.75. The molecule has 1 aromatic heterocycles. The number of carbonyl (C=O) groups is 2. The largest absolute Gasteiger partial charge is 0.465 e. The number of thioether (sulfide) groups is 1. The van der Waals surface area contributed by atoms with Crippen LogP contribution in [0.25, 0.3) is 0 Å². The van der Waals surface area contributed by atoms with Crippen molar-refractivity contribution in [3.63, 3.8) is 0 Å². The number of rotatable bonds is 6. The Kier molecular flexibility index (Phi) is 6.67. The zero-order valence-electron chi connectivity index (χ0n) is 15.1. The average Bonchev–Trinajstić information content (AvgIpc) is 2.82. The van der Waals surface area contributed by atoms with Crippen molar-refractivity contribution in [1.82, 2.24) is 0 Å². The van der Waals surface area contributed by atoms with Gasteiger partial charge >= 0.3 is 5.97 Å². The molecule has 1 heterocycles. The molecule has 0 bridgehead atoms. The summed E-state index contributed by atoms with van der Waals surface area (Å²) in [6.07, 6.45) is 0.267. The van der Waals surface area contributed by atoms with Crippen molar-refractivity contribution in [2.75, 3.05) is 12.4 Å². The molecule has 0 aliphatic heterocycles. The number of benzene rings is 1. The van der Waals surface area contributed by atoms with Gasteiger partial charge in [0.2, 0.25) is 5.91 Å². The van der Waals surface area contributed by atoms with E-state index in [-0.39, 0.29) is 12.3 Å². The highest BCUT2D eigenvalue weighted by Gasteiger charge is 2.21. The van der Waals surface area contributed by atoms with E-state index in [0.717, 1.165) is 16.0 Å². The van der Waals surface area contributed by atoms with Gasteiger partial charge < -0.3 is 10.1 Å². The van der Waals surface area contributed by atoms with E-state index in [4.69, 9.17) is 4.74 Å². The second-order valence-electron chi connectivity index (χ2n) is 6.01. The summed E-state index contributed by atoms with van der Waals surface area (Å²) >= 11 is 3.19. The maximum Gasteiger partial charge on any atom is 0.341 e. The number of carbonyl (C=O) groups excluding carboxylic acids is 2. The quantitative estimate of drug-likeness (QED) is 0.578. The van der Waals surface area contributed by atoms with E-state index in [2.05, 4.69) is 19.2 Å². The number of thiophene rings is 1. The Balaban J connectivity index is 2.08. The van der Waals surface area contributed by atoms with Crippen LogP contribution in [0.3, 0.4) is 0 Å². The molecule has 0 radical (unpaired) electrons. The van der Waals surface area contributed by atoms with Gasteiger partial charge in [0.05, 0.1) is 19.1 Å². The van der Waals surface area contributed by atoms with Crippen LogP contribution in [-0.2, 0) is 16.0 Å². The molecule has 2 aromatic rings. The summed E-state index contributed by atoms with van der Waals surface area (Å²) < 4.78 is 4.83. The van der Waals surface area contributed by atoms with Crippen molar-refractivity contribution in [2.24, 2.45) is 0 Å². The Labute approximate surface area is 157 Å². The van der Waals surface area contributed by atoms with Gasteiger partial charge in [0, 0.05) is 15.0 Å². The van der Waals surface area contributed by atoms with Crippen molar-refractivity contribution in [1.29, 1.82) is 0 Å². The SMILES string of the molecule is COC(=O)c1c(NC(=O)Cc2ccc(SC(C)C)cc2)sc(C)c1C. The van der Waals surface area contributed by atoms with Crippen molar-refractivity contribution in [3.8, 4) is 0 Å². The van der Waals surface area contributed by atoms with Gasteiger partial charge in [-0.05, 0) is 37.1 Å². The Morgan fingerprint density at radius 3 is 2.40 bits per heavy atom. The van der Waals surface area contributed by atoms with Gasteiger partial charge in [-0.2, -0.15) is 0 Å². The van der Waals surface area contributed by atoms with E-state index >= 15 is 0 Å². The number of amides is 1. The molecule has 1 amide bonds. The lowest BCUT2D eigenvalue weighted by Crippen LogP contribution is -2.16. The average molecular weight is 378 g/mol. The molecule has 0 fully saturated rings. The molecule has 0 spiro atoms. The number of nitrogens with one attached hydrogen (secondary N) is 1. The van der Waals surface area contributed by atoms with Crippen LogP contribution in [0.15, 0.2) is 29.2 Å². The third-order valence-corrected chi connectivity index (χ3v) is 5.83. The molecular formula is C19H23NO3S2. The molecule has 25 heavy (non-hydrogen) atoms. The lowest BCUT2D eigenvalue weighted by atomic mass is 10.1. The summed E-state index contributed by atoms with van der Waals surface area (Å²) in [5, 5.41) is 3.94. The lowest BCUT2D eigenvalue weighted by Gasteiger charge is -2.08. The standard InChI is InChI=1S/C19H23NO3S2/c1-11(2)24-15-8-6-14(7-9-15)10-16(21)20-18-17(19(22)23-5)12(3)13(4)25-18/h6-9,11H,10H2,1-5H3,(H,20,21). The van der Waals surface area contributed by atoms with Crippen molar-refractivity contribution in [2.45, 2.75) is 44.3 Å². The number of hydrogen-bond acceptors (Lipinski definition) is 5. The normalized spacial score (nSPS) is 10.8. The maximum absolute atomic E-state index is 12.4. The van der Waals surface area contributed by atoms with Gasteiger partial charge in [-0.1, -0.05) is 26.0 Å². The maximum atomic E-state index is 12.4. The monoisotopic (exact) mass is 377 g/mol. The van der Waals surface area contributed by atoms with E-state index in [1.807, 2.05) is 38.1 Å². The van der Waals surface area contributed by atoms with Crippen molar-refractivity contribution in [3.05, 3.63) is 45.8 Å². The van der Waals surface area contributed by atoms with E-state index in [1.165, 1.54) is 23.3 Å². The van der Waals surface area contributed by atoms with Crippen molar-refractivity contribution >= 4 is 40.0 Å². The summed E-state index contributed by atoms with van der Waals surface area (Å²) in [4.78, 5) is 26.5. The molecule has 0 aliphatic rings. The molecule has 4 nitrogen and oxygen atoms in total. The zero-order chi connectivity index (χ0) is 18.6. The molecular weight excluding hydrogens is 354 g/mol. The van der Waals surface area contributed by atoms with Crippen LogP contribution in [0, 0.1) is 13.8 Å². The van der Waals surface area contributed by atoms with Crippen LogP contribution >= 0.6 is 23.1 Å². The summed E-state index contributed by atoms with van der Waals surface area (Å²) in [6.45, 7) is 8.08. The number of methoxy groups -OCH3 is 1. The first-order chi connectivity index (χ1) is 11.8. The number of ether oxygens (including phenoxy) is 1. The van der Waals surface area contributed by atoms with E-state index in [9.17, 15) is 9.59 Å². The molecule has 1 N–H and O–H groups in total. The summed E-state index contributed by atoms with van der Waals surface area (Å²) in [5.41, 5.74) is 2.24. The highest BCUT2D eigenvalue weighted by Crippen LogP contribution is 2.33. The predicted molar refractivity (Wildman–Crippen MR) is 105 cm³/mol. The Hall–Kier alpha value is -1.79. The second-order valence-corrected chi connectivity index (χ2v) is 8.89. The molecule has 0 saturated heterocycles. The van der Waals surface area contributed by atoms with Crippen LogP contribution < -0.4 is 5.32 Å². The van der Waals surface area contributed by atoms with Crippen LogP contribution in [0.2, 0.25) is 0 Å². The summed E-state index contributed by atoms with van der Waals surface area (Å²) in [5.74, 6) is -0.567. The molecule has 0 saturated carbocycles. The van der Waals surface area contributed by atoms with Crippen LogP contribution in [0.1, 0.15) is 40.2 Å². The second kappa shape index (κ2) is 8.54. The van der Waals surface area contributed by atoms with Gasteiger partial charge in [0.1, 0.15) is 5.00 Å². The zero-order valence-corrected chi connectivity index (χ0v) is 16.8. The van der Waals surface area contributed by atoms with Crippen LogP contribution in [0.5, 0.6) is 0 Å². The van der Waals surface area contributed by atoms with Crippen LogP contribution in [0.4, 0.5) is 5.00 Å². The number of aryl methyl sites for hydroxylation is 1. The molecule has 2 rings (SSSR count). The minimum Gasteiger partial charge on any atom is -0.465 e.